The summed E-state index contributed by atoms with van der Waals surface area (Å²) in [6, 6.07) is 12.4. The molecule has 0 aliphatic carbocycles. The van der Waals surface area contributed by atoms with Gasteiger partial charge in [0, 0.05) is 6.42 Å². The van der Waals surface area contributed by atoms with Gasteiger partial charge in [0.05, 0.1) is 6.61 Å². The van der Waals surface area contributed by atoms with Crippen LogP contribution < -0.4 is 5.73 Å². The Morgan fingerprint density at radius 2 is 2.00 bits per heavy atom. The molecule has 88 valence electrons. The average molecular weight is 229 g/mol. The number of ether oxygens (including phenoxy) is 1. The highest BCUT2D eigenvalue weighted by atomic mass is 16.5. The minimum Gasteiger partial charge on any atom is -0.449 e. The Morgan fingerprint density at radius 3 is 2.76 bits per heavy atom. The molecule has 0 aliphatic heterocycles. The molecule has 2 aromatic carbocycles. The largest absolute Gasteiger partial charge is 0.449 e. The van der Waals surface area contributed by atoms with Gasteiger partial charge in [0.2, 0.25) is 0 Å². The summed E-state index contributed by atoms with van der Waals surface area (Å²) >= 11 is 0. The number of nitrogens with two attached hydrogens (primary N) is 1. The fraction of sp³-hybridized carbons (Fsp3) is 0.214. The SMILES string of the molecule is Cc1c(CCOC(N)=O)ccc2ccccc12. The molecular formula is C14H15NO2. The number of benzene rings is 2. The Morgan fingerprint density at radius 1 is 1.24 bits per heavy atom. The van der Waals surface area contributed by atoms with Crippen molar-refractivity contribution in [2.75, 3.05) is 6.61 Å². The highest BCUT2D eigenvalue weighted by Gasteiger charge is 2.03. The molecule has 0 atom stereocenters. The summed E-state index contributed by atoms with van der Waals surface area (Å²) in [5.74, 6) is 0. The third-order valence-corrected chi connectivity index (χ3v) is 2.93. The van der Waals surface area contributed by atoms with Crippen LogP contribution in [0.3, 0.4) is 0 Å². The van der Waals surface area contributed by atoms with E-state index in [9.17, 15) is 4.79 Å². The van der Waals surface area contributed by atoms with Gasteiger partial charge >= 0.3 is 6.09 Å². The molecule has 0 saturated heterocycles. The van der Waals surface area contributed by atoms with Gasteiger partial charge in [-0.3, -0.25) is 0 Å². The predicted octanol–water partition coefficient (Wildman–Crippen LogP) is 2.79. The van der Waals surface area contributed by atoms with E-state index in [1.807, 2.05) is 12.1 Å². The second-order valence-electron chi connectivity index (χ2n) is 3.99. The molecule has 0 saturated carbocycles. The molecule has 17 heavy (non-hydrogen) atoms. The van der Waals surface area contributed by atoms with Crippen molar-refractivity contribution in [3.05, 3.63) is 47.5 Å². The predicted molar refractivity (Wildman–Crippen MR) is 67.9 cm³/mol. The van der Waals surface area contributed by atoms with Gasteiger partial charge in [-0.2, -0.15) is 0 Å². The number of hydrogen-bond acceptors (Lipinski definition) is 2. The Labute approximate surface area is 100 Å². The van der Waals surface area contributed by atoms with Gasteiger partial charge in [0.25, 0.3) is 0 Å². The van der Waals surface area contributed by atoms with Crippen LogP contribution in [-0.4, -0.2) is 12.7 Å². The van der Waals surface area contributed by atoms with Crippen molar-refractivity contribution in [3.63, 3.8) is 0 Å². The summed E-state index contributed by atoms with van der Waals surface area (Å²) in [5, 5.41) is 2.47. The lowest BCUT2D eigenvalue weighted by atomic mass is 9.98. The van der Waals surface area contributed by atoms with Crippen LogP contribution in [0.15, 0.2) is 36.4 Å². The Kier molecular flexibility index (Phi) is 3.28. The maximum atomic E-state index is 10.5. The summed E-state index contributed by atoms with van der Waals surface area (Å²) in [7, 11) is 0. The molecule has 0 unspecified atom stereocenters. The van der Waals surface area contributed by atoms with Gasteiger partial charge in [-0.1, -0.05) is 36.4 Å². The smallest absolute Gasteiger partial charge is 0.404 e. The number of amides is 1. The minimum absolute atomic E-state index is 0.328. The van der Waals surface area contributed by atoms with E-state index in [1.54, 1.807) is 0 Å². The zero-order chi connectivity index (χ0) is 12.3. The number of fused-ring (bicyclic) bond motifs is 1. The van der Waals surface area contributed by atoms with E-state index >= 15 is 0 Å². The molecule has 2 rings (SSSR count). The molecule has 0 aromatic heterocycles. The van der Waals surface area contributed by atoms with Gasteiger partial charge in [0.15, 0.2) is 0 Å². The number of carbonyl (C=O) groups excluding carboxylic acids is 1. The molecular weight excluding hydrogens is 214 g/mol. The fourth-order valence-electron chi connectivity index (χ4n) is 2.00. The van der Waals surface area contributed by atoms with Crippen LogP contribution in [0.2, 0.25) is 0 Å². The van der Waals surface area contributed by atoms with Gasteiger partial charge < -0.3 is 10.5 Å². The minimum atomic E-state index is -0.719. The molecule has 0 aliphatic rings. The summed E-state index contributed by atoms with van der Waals surface area (Å²) < 4.78 is 4.75. The number of aryl methyl sites for hydroxylation is 1. The lowest BCUT2D eigenvalue weighted by molar-refractivity contribution is 0.158. The molecule has 0 fully saturated rings. The topological polar surface area (TPSA) is 52.3 Å². The second-order valence-corrected chi connectivity index (χ2v) is 3.99. The highest BCUT2D eigenvalue weighted by molar-refractivity contribution is 5.86. The number of rotatable bonds is 3. The molecule has 3 nitrogen and oxygen atoms in total. The lowest BCUT2D eigenvalue weighted by Crippen LogP contribution is -2.15. The van der Waals surface area contributed by atoms with Crippen molar-refractivity contribution < 1.29 is 9.53 Å². The van der Waals surface area contributed by atoms with Crippen molar-refractivity contribution in [2.24, 2.45) is 5.73 Å². The number of primary amides is 1. The second kappa shape index (κ2) is 4.87. The normalized spacial score (nSPS) is 10.4. The van der Waals surface area contributed by atoms with Gasteiger partial charge in [-0.15, -0.1) is 0 Å². The van der Waals surface area contributed by atoms with Crippen molar-refractivity contribution in [3.8, 4) is 0 Å². The molecule has 0 spiro atoms. The monoisotopic (exact) mass is 229 g/mol. The summed E-state index contributed by atoms with van der Waals surface area (Å²) in [4.78, 5) is 10.5. The third kappa shape index (κ3) is 2.56. The van der Waals surface area contributed by atoms with Crippen LogP contribution in [0.25, 0.3) is 10.8 Å². The lowest BCUT2D eigenvalue weighted by Gasteiger charge is -2.09. The van der Waals surface area contributed by atoms with E-state index in [0.29, 0.717) is 13.0 Å². The first-order valence-electron chi connectivity index (χ1n) is 5.58. The van der Waals surface area contributed by atoms with Crippen LogP contribution in [0.4, 0.5) is 4.79 Å². The van der Waals surface area contributed by atoms with Crippen molar-refractivity contribution in [1.82, 2.24) is 0 Å². The third-order valence-electron chi connectivity index (χ3n) is 2.93. The molecule has 0 heterocycles. The van der Waals surface area contributed by atoms with Crippen molar-refractivity contribution in [1.29, 1.82) is 0 Å². The molecule has 3 heteroatoms. The fourth-order valence-corrected chi connectivity index (χ4v) is 2.00. The molecule has 0 radical (unpaired) electrons. The Balaban J connectivity index is 2.23. The zero-order valence-electron chi connectivity index (χ0n) is 9.77. The van der Waals surface area contributed by atoms with E-state index in [-0.39, 0.29) is 0 Å². The molecule has 2 N–H and O–H groups in total. The van der Waals surface area contributed by atoms with Crippen molar-refractivity contribution >= 4 is 16.9 Å². The van der Waals surface area contributed by atoms with Crippen LogP contribution in [0.5, 0.6) is 0 Å². The zero-order valence-corrected chi connectivity index (χ0v) is 9.77. The summed E-state index contributed by atoms with van der Waals surface area (Å²) in [5.41, 5.74) is 7.34. The van der Waals surface area contributed by atoms with Crippen LogP contribution in [0.1, 0.15) is 11.1 Å². The first-order valence-corrected chi connectivity index (χ1v) is 5.58. The maximum absolute atomic E-state index is 10.5. The van der Waals surface area contributed by atoms with Gasteiger partial charge in [-0.25, -0.2) is 4.79 Å². The van der Waals surface area contributed by atoms with Crippen LogP contribution in [-0.2, 0) is 11.2 Å². The Hall–Kier alpha value is -2.03. The van der Waals surface area contributed by atoms with Gasteiger partial charge in [0.1, 0.15) is 0 Å². The molecule has 2 aromatic rings. The van der Waals surface area contributed by atoms with Crippen LogP contribution >= 0.6 is 0 Å². The molecule has 1 amide bonds. The van der Waals surface area contributed by atoms with Crippen LogP contribution in [0, 0.1) is 6.92 Å². The first-order chi connectivity index (χ1) is 8.18. The summed E-state index contributed by atoms with van der Waals surface area (Å²) in [6.07, 6.45) is -0.0250. The van der Waals surface area contributed by atoms with E-state index in [0.717, 1.165) is 0 Å². The highest BCUT2D eigenvalue weighted by Crippen LogP contribution is 2.21. The van der Waals surface area contributed by atoms with Gasteiger partial charge in [-0.05, 0) is 28.8 Å². The first kappa shape index (κ1) is 11.5. The number of hydrogen-bond donors (Lipinski definition) is 1. The van der Waals surface area contributed by atoms with Crippen molar-refractivity contribution in [2.45, 2.75) is 13.3 Å². The quantitative estimate of drug-likeness (QED) is 0.879. The molecule has 0 bridgehead atoms. The van der Waals surface area contributed by atoms with E-state index in [4.69, 9.17) is 10.5 Å². The maximum Gasteiger partial charge on any atom is 0.404 e. The standard InChI is InChI=1S/C14H15NO2/c1-10-11(8-9-17-14(15)16)6-7-12-4-2-3-5-13(10)12/h2-7H,8-9H2,1H3,(H2,15,16). The summed E-state index contributed by atoms with van der Waals surface area (Å²) in [6.45, 7) is 2.41. The number of carbonyl (C=O) groups is 1. The average Bonchev–Trinajstić information content (AvgIpc) is 2.32. The van der Waals surface area contributed by atoms with E-state index < -0.39 is 6.09 Å². The Bertz CT molecular complexity index is 549. The van der Waals surface area contributed by atoms with E-state index in [1.165, 1.54) is 21.9 Å². The van der Waals surface area contributed by atoms with E-state index in [2.05, 4.69) is 31.2 Å².